The fourth-order valence-electron chi connectivity index (χ4n) is 1.22. The van der Waals surface area contributed by atoms with Crippen molar-refractivity contribution in [3.8, 4) is 0 Å². The number of hydrogen-bond donors (Lipinski definition) is 2. The van der Waals surface area contributed by atoms with E-state index in [0.717, 1.165) is 21.3 Å². The summed E-state index contributed by atoms with van der Waals surface area (Å²) in [6.07, 6.45) is 3.82. The van der Waals surface area contributed by atoms with E-state index in [9.17, 15) is 0 Å². The smallest absolute Gasteiger partial charge is 0.176 e. The first-order valence-electron chi connectivity index (χ1n) is 4.60. The summed E-state index contributed by atoms with van der Waals surface area (Å²) in [7, 11) is 0. The van der Waals surface area contributed by atoms with E-state index in [1.807, 2.05) is 6.92 Å². The second-order valence-electron chi connectivity index (χ2n) is 2.81. The Morgan fingerprint density at radius 2 is 2.25 bits per heavy atom. The van der Waals surface area contributed by atoms with Crippen LogP contribution in [0.1, 0.15) is 12.5 Å². The van der Waals surface area contributed by atoms with Crippen molar-refractivity contribution in [1.82, 2.24) is 19.3 Å². The molecule has 0 saturated heterocycles. The maximum atomic E-state index is 5.39. The molecular weight excluding hydrogens is 244 g/mol. The summed E-state index contributed by atoms with van der Waals surface area (Å²) in [4.78, 5) is 12.4. The summed E-state index contributed by atoms with van der Waals surface area (Å²) in [6, 6.07) is 0. The van der Waals surface area contributed by atoms with Gasteiger partial charge in [-0.15, -0.1) is 0 Å². The molecule has 16 heavy (non-hydrogen) atoms. The lowest BCUT2D eigenvalue weighted by atomic mass is 10.2. The monoisotopic (exact) mass is 254 g/mol. The van der Waals surface area contributed by atoms with Crippen LogP contribution >= 0.6 is 23.3 Å². The Balaban J connectivity index is 2.33. The fourth-order valence-corrected chi connectivity index (χ4v) is 2.74. The molecule has 2 aromatic heterocycles. The number of rotatable bonds is 4. The van der Waals surface area contributed by atoms with Gasteiger partial charge in [-0.05, 0) is 29.7 Å². The van der Waals surface area contributed by atoms with Crippen LogP contribution < -0.4 is 11.3 Å². The fraction of sp³-hybridized carbons (Fsp3) is 0.250. The Kier molecular flexibility index (Phi) is 3.65. The number of nitrogens with one attached hydrogen (secondary N) is 1. The molecule has 6 nitrogen and oxygen atoms in total. The number of nitrogens with zero attached hydrogens (tertiary/aromatic N) is 4. The summed E-state index contributed by atoms with van der Waals surface area (Å²) < 4.78 is 4.80. The number of hydrazine groups is 1. The zero-order chi connectivity index (χ0) is 11.4. The predicted octanol–water partition coefficient (Wildman–Crippen LogP) is 1.33. The van der Waals surface area contributed by atoms with E-state index in [-0.39, 0.29) is 0 Å². The van der Waals surface area contributed by atoms with Crippen LogP contribution in [0.25, 0.3) is 0 Å². The normalized spacial score (nSPS) is 10.4. The van der Waals surface area contributed by atoms with E-state index in [0.29, 0.717) is 5.82 Å². The van der Waals surface area contributed by atoms with Crippen molar-refractivity contribution in [3.05, 3.63) is 18.2 Å². The number of nitrogen functional groups attached to an aromatic ring is 1. The van der Waals surface area contributed by atoms with Gasteiger partial charge >= 0.3 is 0 Å². The molecule has 0 spiro atoms. The maximum absolute atomic E-state index is 5.39. The Bertz CT molecular complexity index is 458. The molecule has 0 saturated carbocycles. The highest BCUT2D eigenvalue weighted by atomic mass is 32.2. The van der Waals surface area contributed by atoms with Gasteiger partial charge in [-0.1, -0.05) is 6.92 Å². The van der Waals surface area contributed by atoms with E-state index in [4.69, 9.17) is 5.84 Å². The molecule has 0 amide bonds. The van der Waals surface area contributed by atoms with Gasteiger partial charge in [0, 0.05) is 5.56 Å². The molecule has 0 atom stereocenters. The largest absolute Gasteiger partial charge is 0.308 e. The van der Waals surface area contributed by atoms with Crippen LogP contribution in [-0.2, 0) is 6.42 Å². The Morgan fingerprint density at radius 3 is 2.88 bits per heavy atom. The van der Waals surface area contributed by atoms with Gasteiger partial charge in [0.2, 0.25) is 0 Å². The highest BCUT2D eigenvalue weighted by molar-refractivity contribution is 8.00. The molecule has 0 radical (unpaired) electrons. The third kappa shape index (κ3) is 2.29. The molecule has 2 aromatic rings. The minimum atomic E-state index is 0.657. The summed E-state index contributed by atoms with van der Waals surface area (Å²) >= 11 is 2.81. The SMILES string of the molecule is CCc1c(NN)ncnc1Sc1ncns1. The van der Waals surface area contributed by atoms with Crippen LogP contribution in [0.3, 0.4) is 0 Å². The molecule has 2 rings (SSSR count). The predicted molar refractivity (Wildman–Crippen MR) is 63.3 cm³/mol. The van der Waals surface area contributed by atoms with Crippen LogP contribution in [0, 0.1) is 0 Å². The Morgan fingerprint density at radius 1 is 1.38 bits per heavy atom. The van der Waals surface area contributed by atoms with E-state index in [1.54, 1.807) is 0 Å². The van der Waals surface area contributed by atoms with Crippen LogP contribution in [0.4, 0.5) is 5.82 Å². The van der Waals surface area contributed by atoms with Gasteiger partial charge in [-0.25, -0.2) is 20.8 Å². The average Bonchev–Trinajstić information content (AvgIpc) is 2.81. The highest BCUT2D eigenvalue weighted by Gasteiger charge is 2.11. The van der Waals surface area contributed by atoms with Crippen LogP contribution in [0.15, 0.2) is 22.0 Å². The van der Waals surface area contributed by atoms with Crippen LogP contribution in [-0.4, -0.2) is 19.3 Å². The van der Waals surface area contributed by atoms with Gasteiger partial charge in [0.1, 0.15) is 23.5 Å². The first-order chi connectivity index (χ1) is 7.85. The van der Waals surface area contributed by atoms with Crippen molar-refractivity contribution < 1.29 is 0 Å². The van der Waals surface area contributed by atoms with Crippen molar-refractivity contribution in [2.24, 2.45) is 5.84 Å². The molecule has 0 aliphatic carbocycles. The quantitative estimate of drug-likeness (QED) is 0.483. The lowest BCUT2D eigenvalue weighted by Crippen LogP contribution is -2.12. The first kappa shape index (κ1) is 11.2. The second kappa shape index (κ2) is 5.19. The molecule has 0 bridgehead atoms. The van der Waals surface area contributed by atoms with Crippen molar-refractivity contribution in [2.45, 2.75) is 22.7 Å². The lowest BCUT2D eigenvalue weighted by Gasteiger charge is -2.08. The van der Waals surface area contributed by atoms with E-state index in [1.165, 1.54) is 35.9 Å². The summed E-state index contributed by atoms with van der Waals surface area (Å²) in [5.74, 6) is 6.05. The molecule has 8 heteroatoms. The van der Waals surface area contributed by atoms with Gasteiger partial charge in [-0.2, -0.15) is 4.37 Å². The number of hydrogen-bond acceptors (Lipinski definition) is 8. The number of aromatic nitrogens is 4. The number of anilines is 1. The Hall–Kier alpha value is -1.25. The van der Waals surface area contributed by atoms with Crippen molar-refractivity contribution in [1.29, 1.82) is 0 Å². The topological polar surface area (TPSA) is 89.6 Å². The maximum Gasteiger partial charge on any atom is 0.176 e. The minimum Gasteiger partial charge on any atom is -0.308 e. The highest BCUT2D eigenvalue weighted by Crippen LogP contribution is 2.31. The van der Waals surface area contributed by atoms with E-state index in [2.05, 4.69) is 24.8 Å². The molecule has 84 valence electrons. The first-order valence-corrected chi connectivity index (χ1v) is 6.19. The Labute approximate surface area is 101 Å². The van der Waals surface area contributed by atoms with Crippen molar-refractivity contribution in [3.63, 3.8) is 0 Å². The summed E-state index contributed by atoms with van der Waals surface area (Å²) in [5.41, 5.74) is 3.56. The average molecular weight is 254 g/mol. The van der Waals surface area contributed by atoms with E-state index >= 15 is 0 Å². The second-order valence-corrected chi connectivity index (χ2v) is 4.83. The van der Waals surface area contributed by atoms with Crippen LogP contribution in [0.5, 0.6) is 0 Å². The molecular formula is C8H10N6S2. The number of nitrogens with two attached hydrogens (primary N) is 1. The molecule has 0 unspecified atom stereocenters. The summed E-state index contributed by atoms with van der Waals surface area (Å²) in [5, 5.41) is 0.863. The van der Waals surface area contributed by atoms with Crippen molar-refractivity contribution in [2.75, 3.05) is 5.43 Å². The molecule has 2 heterocycles. The van der Waals surface area contributed by atoms with Gasteiger partial charge in [0.15, 0.2) is 4.34 Å². The third-order valence-corrected chi connectivity index (χ3v) is 3.68. The third-order valence-electron chi connectivity index (χ3n) is 1.92. The minimum absolute atomic E-state index is 0.657. The standard InChI is InChI=1S/C8H10N6S2/c1-2-5-6(14-9)10-3-11-7(5)15-8-12-4-13-16-8/h3-4H,2,9H2,1H3,(H,10,11,14). The van der Waals surface area contributed by atoms with E-state index < -0.39 is 0 Å². The zero-order valence-electron chi connectivity index (χ0n) is 8.54. The molecule has 3 N–H and O–H groups in total. The molecule has 0 fully saturated rings. The van der Waals surface area contributed by atoms with Crippen molar-refractivity contribution >= 4 is 29.1 Å². The van der Waals surface area contributed by atoms with Gasteiger partial charge in [-0.3, -0.25) is 0 Å². The molecule has 0 aromatic carbocycles. The summed E-state index contributed by atoms with van der Waals surface area (Å²) in [6.45, 7) is 2.03. The zero-order valence-corrected chi connectivity index (χ0v) is 10.2. The molecule has 0 aliphatic rings. The lowest BCUT2D eigenvalue weighted by molar-refractivity contribution is 0.940. The van der Waals surface area contributed by atoms with Crippen LogP contribution in [0.2, 0.25) is 0 Å². The van der Waals surface area contributed by atoms with Gasteiger partial charge in [0.25, 0.3) is 0 Å². The van der Waals surface area contributed by atoms with Gasteiger partial charge in [0.05, 0.1) is 0 Å². The molecule has 0 aliphatic heterocycles. The van der Waals surface area contributed by atoms with Gasteiger partial charge < -0.3 is 5.43 Å².